The molecular formula is C23H34N4O3S. The van der Waals surface area contributed by atoms with Crippen LogP contribution in [-0.4, -0.2) is 46.3 Å². The van der Waals surface area contributed by atoms with Crippen LogP contribution >= 0.6 is 10.7 Å². The number of fused-ring (bicyclic) bond motifs is 2. The Balaban J connectivity index is 1.28. The number of carbonyl (C=O) groups excluding carboxylic acids is 2. The van der Waals surface area contributed by atoms with Gasteiger partial charge in [0.25, 0.3) is 0 Å². The lowest BCUT2D eigenvalue weighted by atomic mass is 9.87. The van der Waals surface area contributed by atoms with Crippen molar-refractivity contribution in [2.45, 2.75) is 70.3 Å². The number of likely N-dealkylation sites (tertiary alicyclic amines) is 1. The number of benzene rings is 1. The Hall–Kier alpha value is -1.77. The Bertz CT molecular complexity index is 906. The van der Waals surface area contributed by atoms with Crippen molar-refractivity contribution < 1.29 is 14.1 Å². The van der Waals surface area contributed by atoms with E-state index >= 15 is 0 Å². The third kappa shape index (κ3) is 3.83. The van der Waals surface area contributed by atoms with Gasteiger partial charge in [-0.05, 0) is 101 Å². The minimum Gasteiger partial charge on any atom is -0.317 e. The fraction of sp³-hybridized carbons (Fsp3) is 0.652. The fourth-order valence-corrected chi connectivity index (χ4v) is 8.01. The number of hydrogen-bond acceptors (Lipinski definition) is 4. The second kappa shape index (κ2) is 7.67. The Morgan fingerprint density at radius 3 is 2.52 bits per heavy atom. The second-order valence-corrected chi connectivity index (χ2v) is 12.2. The first-order chi connectivity index (χ1) is 14.8. The van der Waals surface area contributed by atoms with Gasteiger partial charge in [-0.1, -0.05) is 6.07 Å². The van der Waals surface area contributed by atoms with Crippen molar-refractivity contribution in [3.63, 3.8) is 0 Å². The van der Waals surface area contributed by atoms with Crippen molar-refractivity contribution in [1.82, 2.24) is 14.3 Å². The van der Waals surface area contributed by atoms with Gasteiger partial charge in [-0.2, -0.15) is 0 Å². The summed E-state index contributed by atoms with van der Waals surface area (Å²) in [6.07, 6.45) is 9.24. The molecule has 0 spiro atoms. The molecule has 3 atom stereocenters. The van der Waals surface area contributed by atoms with Crippen molar-refractivity contribution in [2.24, 2.45) is 5.92 Å². The van der Waals surface area contributed by atoms with E-state index in [0.717, 1.165) is 63.6 Å². The number of nitrogens with one attached hydrogen (secondary N) is 3. The molecule has 2 fully saturated rings. The Morgan fingerprint density at radius 1 is 1.23 bits per heavy atom. The largest absolute Gasteiger partial charge is 0.330 e. The number of aryl methyl sites for hydroxylation is 2. The maximum Gasteiger partial charge on any atom is 0.330 e. The Labute approximate surface area is 186 Å². The molecule has 3 amide bonds. The molecule has 3 unspecified atom stereocenters. The molecule has 31 heavy (non-hydrogen) atoms. The van der Waals surface area contributed by atoms with Gasteiger partial charge in [-0.3, -0.25) is 14.2 Å². The lowest BCUT2D eigenvalue weighted by Crippen LogP contribution is -2.41. The predicted octanol–water partition coefficient (Wildman–Crippen LogP) is 3.51. The second-order valence-electron chi connectivity index (χ2n) is 10.0. The Morgan fingerprint density at radius 2 is 1.90 bits per heavy atom. The zero-order valence-corrected chi connectivity index (χ0v) is 19.4. The van der Waals surface area contributed by atoms with Gasteiger partial charge in [-0.15, -0.1) is 0 Å². The molecule has 170 valence electrons. The number of nitrogens with zero attached hydrogens (tertiary/aromatic N) is 1. The van der Waals surface area contributed by atoms with Crippen LogP contribution in [-0.2, 0) is 30.5 Å². The summed E-state index contributed by atoms with van der Waals surface area (Å²) in [4.78, 5) is 27.9. The number of hydrogen-bond donors (Lipinski definition) is 4. The molecule has 1 aromatic rings. The number of anilines is 1. The van der Waals surface area contributed by atoms with Crippen molar-refractivity contribution in [1.29, 1.82) is 0 Å². The zero-order chi connectivity index (χ0) is 21.8. The van der Waals surface area contributed by atoms with E-state index in [-0.39, 0.29) is 23.1 Å². The van der Waals surface area contributed by atoms with Crippen LogP contribution in [0.5, 0.6) is 0 Å². The molecule has 0 saturated carbocycles. The molecule has 2 aliphatic heterocycles. The first kappa shape index (κ1) is 21.1. The summed E-state index contributed by atoms with van der Waals surface area (Å²) in [5, 5.41) is 3.06. The third-order valence-electron chi connectivity index (χ3n) is 7.87. The average Bonchev–Trinajstić information content (AvgIpc) is 3.45. The van der Waals surface area contributed by atoms with Gasteiger partial charge in [-0.25, -0.2) is 4.79 Å². The molecule has 5 rings (SSSR count). The molecular weight excluding hydrogens is 412 g/mol. The molecule has 0 bridgehead atoms. The number of amides is 3. The van der Waals surface area contributed by atoms with Crippen LogP contribution in [0.15, 0.2) is 6.07 Å². The van der Waals surface area contributed by atoms with E-state index in [1.165, 1.54) is 22.3 Å². The van der Waals surface area contributed by atoms with Crippen LogP contribution in [0, 0.1) is 5.92 Å². The van der Waals surface area contributed by atoms with E-state index in [1.54, 1.807) is 0 Å². The van der Waals surface area contributed by atoms with Crippen molar-refractivity contribution in [3.8, 4) is 0 Å². The van der Waals surface area contributed by atoms with Crippen LogP contribution in [0.2, 0.25) is 0 Å². The van der Waals surface area contributed by atoms with E-state index in [0.29, 0.717) is 6.42 Å². The highest BCUT2D eigenvalue weighted by atomic mass is 32.3. The topological polar surface area (TPSA) is 93.7 Å². The van der Waals surface area contributed by atoms with Gasteiger partial charge in [0.1, 0.15) is 0 Å². The molecule has 2 heterocycles. The number of urea groups is 1. The quantitative estimate of drug-likeness (QED) is 0.569. The molecule has 0 radical (unpaired) electrons. The molecule has 2 saturated heterocycles. The van der Waals surface area contributed by atoms with Crippen molar-refractivity contribution in [3.05, 3.63) is 28.3 Å². The summed E-state index contributed by atoms with van der Waals surface area (Å²) in [6, 6.07) is 1.91. The van der Waals surface area contributed by atoms with Gasteiger partial charge in [0.05, 0.1) is 5.92 Å². The molecule has 1 aromatic carbocycles. The molecule has 4 aliphatic rings. The first-order valence-electron chi connectivity index (χ1n) is 11.6. The van der Waals surface area contributed by atoms with Crippen LogP contribution in [0.4, 0.5) is 10.5 Å². The van der Waals surface area contributed by atoms with E-state index in [1.807, 2.05) is 0 Å². The molecule has 0 aromatic heterocycles. The maximum absolute atomic E-state index is 12.9. The molecule has 8 heteroatoms. The average molecular weight is 447 g/mol. The highest BCUT2D eigenvalue weighted by molar-refractivity contribution is 8.27. The van der Waals surface area contributed by atoms with Gasteiger partial charge >= 0.3 is 6.03 Å². The standard InChI is InChI=1S/C23H34N4O3S/c1-23(10-5-11-27(23)2)13-17-14-31(30,25-21(17)28)26-22(29)24-20-18-8-3-6-15(18)12-16-7-4-9-19(16)20/h12,17,30H,3-11,13-14H2,1-2H3,(H,25,28)(H2,24,26,29). The Kier molecular flexibility index (Phi) is 5.22. The summed E-state index contributed by atoms with van der Waals surface area (Å²) in [7, 11) is -0.617. The SMILES string of the molecule is CN1CCCC1(C)CC1CS(O)(NC(=O)Nc2c3c(cc4c2CCC4)CCC3)NC1=O. The van der Waals surface area contributed by atoms with Crippen molar-refractivity contribution in [2.75, 3.05) is 24.7 Å². The number of carbonyl (C=O) groups is 2. The van der Waals surface area contributed by atoms with E-state index in [2.05, 4.69) is 39.7 Å². The lowest BCUT2D eigenvalue weighted by Gasteiger charge is -2.34. The highest BCUT2D eigenvalue weighted by Crippen LogP contribution is 2.46. The van der Waals surface area contributed by atoms with Gasteiger partial charge in [0.2, 0.25) is 5.91 Å². The molecule has 4 N–H and O–H groups in total. The summed E-state index contributed by atoms with van der Waals surface area (Å²) >= 11 is 0. The summed E-state index contributed by atoms with van der Waals surface area (Å²) in [6.45, 7) is 3.23. The highest BCUT2D eigenvalue weighted by Gasteiger charge is 2.45. The van der Waals surface area contributed by atoms with Crippen molar-refractivity contribution >= 4 is 28.3 Å². The monoisotopic (exact) mass is 446 g/mol. The van der Waals surface area contributed by atoms with Gasteiger partial charge < -0.3 is 14.8 Å². The number of rotatable bonds is 4. The fourth-order valence-electron chi connectivity index (χ4n) is 6.08. The summed E-state index contributed by atoms with van der Waals surface area (Å²) in [5.74, 6) is -0.162. The minimum atomic E-state index is -2.72. The van der Waals surface area contributed by atoms with E-state index in [4.69, 9.17) is 0 Å². The van der Waals surface area contributed by atoms with E-state index in [9.17, 15) is 14.1 Å². The molecule has 2 aliphatic carbocycles. The van der Waals surface area contributed by atoms with E-state index < -0.39 is 16.7 Å². The van der Waals surface area contributed by atoms with Crippen LogP contribution in [0.25, 0.3) is 0 Å². The third-order valence-corrected chi connectivity index (χ3v) is 9.82. The maximum atomic E-state index is 12.9. The summed E-state index contributed by atoms with van der Waals surface area (Å²) in [5.41, 5.74) is 6.13. The predicted molar refractivity (Wildman–Crippen MR) is 124 cm³/mol. The lowest BCUT2D eigenvalue weighted by molar-refractivity contribution is -0.122. The normalized spacial score (nSPS) is 34.2. The van der Waals surface area contributed by atoms with Crippen LogP contribution in [0.3, 0.4) is 0 Å². The van der Waals surface area contributed by atoms with Gasteiger partial charge in [0, 0.05) is 27.7 Å². The zero-order valence-electron chi connectivity index (χ0n) is 18.6. The molecule has 7 nitrogen and oxygen atoms in total. The minimum absolute atomic E-state index is 0.0277. The first-order valence-corrected chi connectivity index (χ1v) is 13.3. The summed E-state index contributed by atoms with van der Waals surface area (Å²) < 4.78 is 16.5. The van der Waals surface area contributed by atoms with Gasteiger partial charge in [0.15, 0.2) is 0 Å². The van der Waals surface area contributed by atoms with Crippen LogP contribution < -0.4 is 14.8 Å². The van der Waals surface area contributed by atoms with Crippen LogP contribution in [0.1, 0.15) is 61.3 Å². The smallest absolute Gasteiger partial charge is 0.317 e.